The zero-order valence-electron chi connectivity index (χ0n) is 15.6. The first-order valence-electron chi connectivity index (χ1n) is 8.23. The minimum absolute atomic E-state index is 0.178. The molecule has 0 spiro atoms. The fraction of sp³-hybridized carbons (Fsp3) is 0.316. The van der Waals surface area contributed by atoms with E-state index in [0.717, 1.165) is 15.6 Å². The number of likely N-dealkylation sites (N-methyl/N-ethyl adjacent to an activating group) is 2. The van der Waals surface area contributed by atoms with E-state index in [1.165, 1.54) is 24.1 Å². The Morgan fingerprint density at radius 1 is 0.885 bits per heavy atom. The molecule has 0 aliphatic carbocycles. The Balaban J connectivity index is 2.00. The molecule has 0 fully saturated rings. The van der Waals surface area contributed by atoms with Crippen LogP contribution < -0.4 is 4.90 Å². The van der Waals surface area contributed by atoms with Gasteiger partial charge in [0.25, 0.3) is 0 Å². The van der Waals surface area contributed by atoms with Gasteiger partial charge in [-0.3, -0.25) is 4.79 Å². The number of nitrogens with zero attached hydrogens (tertiary/aromatic N) is 3. The van der Waals surface area contributed by atoms with Gasteiger partial charge in [-0.05, 0) is 29.8 Å². The topological polar surface area (TPSA) is 60.9 Å². The van der Waals surface area contributed by atoms with Crippen molar-refractivity contribution in [2.45, 2.75) is 11.4 Å². The lowest BCUT2D eigenvalue weighted by molar-refractivity contribution is -0.130. The number of anilines is 1. The van der Waals surface area contributed by atoms with Crippen LogP contribution in [0.2, 0.25) is 0 Å². The maximum atomic E-state index is 12.5. The summed E-state index contributed by atoms with van der Waals surface area (Å²) >= 11 is 0. The Bertz CT molecular complexity index is 834. The molecule has 0 saturated heterocycles. The molecule has 0 N–H and O–H groups in total. The maximum absolute atomic E-state index is 12.5. The van der Waals surface area contributed by atoms with Crippen LogP contribution in [0.3, 0.4) is 0 Å². The van der Waals surface area contributed by atoms with E-state index in [-0.39, 0.29) is 17.3 Å². The molecule has 26 heavy (non-hydrogen) atoms. The molecule has 2 aromatic carbocycles. The minimum Gasteiger partial charge on any atom is -0.378 e. The summed E-state index contributed by atoms with van der Waals surface area (Å²) in [5, 5.41) is 0. The third kappa shape index (κ3) is 4.83. The van der Waals surface area contributed by atoms with Gasteiger partial charge in [-0.1, -0.05) is 30.3 Å². The van der Waals surface area contributed by atoms with E-state index in [2.05, 4.69) is 0 Å². The van der Waals surface area contributed by atoms with E-state index in [0.29, 0.717) is 6.54 Å². The van der Waals surface area contributed by atoms with E-state index in [9.17, 15) is 13.2 Å². The number of rotatable bonds is 7. The average Bonchev–Trinajstić information content (AvgIpc) is 2.62. The van der Waals surface area contributed by atoms with Gasteiger partial charge in [0.2, 0.25) is 15.9 Å². The normalized spacial score (nSPS) is 11.4. The first kappa shape index (κ1) is 19.9. The molecular formula is C19H25N3O3S. The molecule has 0 unspecified atom stereocenters. The first-order valence-corrected chi connectivity index (χ1v) is 9.67. The van der Waals surface area contributed by atoms with Crippen molar-refractivity contribution < 1.29 is 13.2 Å². The molecule has 140 valence electrons. The fourth-order valence-corrected chi connectivity index (χ4v) is 3.57. The van der Waals surface area contributed by atoms with Crippen LogP contribution >= 0.6 is 0 Å². The number of hydrogen-bond acceptors (Lipinski definition) is 4. The Labute approximate surface area is 155 Å². The summed E-state index contributed by atoms with van der Waals surface area (Å²) < 4.78 is 26.1. The summed E-state index contributed by atoms with van der Waals surface area (Å²) in [5.41, 5.74) is 2.07. The van der Waals surface area contributed by atoms with Gasteiger partial charge in [0.15, 0.2) is 0 Å². The van der Waals surface area contributed by atoms with Crippen molar-refractivity contribution in [3.05, 3.63) is 60.2 Å². The lowest BCUT2D eigenvalue weighted by atomic mass is 10.2. The van der Waals surface area contributed by atoms with Crippen LogP contribution in [0.15, 0.2) is 59.5 Å². The van der Waals surface area contributed by atoms with Crippen molar-refractivity contribution >= 4 is 21.6 Å². The van der Waals surface area contributed by atoms with E-state index in [1.54, 1.807) is 25.2 Å². The van der Waals surface area contributed by atoms with Crippen LogP contribution in [0.5, 0.6) is 0 Å². The Morgan fingerprint density at radius 2 is 1.46 bits per heavy atom. The monoisotopic (exact) mass is 375 g/mol. The standard InChI is InChI=1S/C19H25N3O3S/c1-20(2)17-12-10-16(11-13-17)14-21(3)19(23)15-22(4)26(24,25)18-8-6-5-7-9-18/h5-13H,14-15H2,1-4H3. The zero-order chi connectivity index (χ0) is 19.3. The van der Waals surface area contributed by atoms with Gasteiger partial charge in [-0.2, -0.15) is 4.31 Å². The molecule has 0 saturated carbocycles. The van der Waals surface area contributed by atoms with Crippen molar-refractivity contribution in [1.82, 2.24) is 9.21 Å². The van der Waals surface area contributed by atoms with Gasteiger partial charge in [-0.15, -0.1) is 0 Å². The highest BCUT2D eigenvalue weighted by Gasteiger charge is 2.24. The van der Waals surface area contributed by atoms with Crippen LogP contribution in [0.4, 0.5) is 5.69 Å². The average molecular weight is 375 g/mol. The van der Waals surface area contributed by atoms with Gasteiger partial charge in [0.1, 0.15) is 0 Å². The predicted molar refractivity (Wildman–Crippen MR) is 104 cm³/mol. The highest BCUT2D eigenvalue weighted by atomic mass is 32.2. The Kier molecular flexibility index (Phi) is 6.39. The molecule has 2 rings (SSSR count). The van der Waals surface area contributed by atoms with Crippen LogP contribution in [0.25, 0.3) is 0 Å². The second-order valence-electron chi connectivity index (χ2n) is 6.38. The molecule has 1 amide bonds. The summed E-state index contributed by atoms with van der Waals surface area (Å²) in [6.07, 6.45) is 0. The van der Waals surface area contributed by atoms with Crippen molar-refractivity contribution in [3.63, 3.8) is 0 Å². The molecule has 0 aliphatic rings. The van der Waals surface area contributed by atoms with Crippen LogP contribution in [-0.4, -0.2) is 58.3 Å². The summed E-state index contributed by atoms with van der Waals surface area (Å²) in [6.45, 7) is 0.218. The first-order chi connectivity index (χ1) is 12.2. The number of hydrogen-bond donors (Lipinski definition) is 0. The molecule has 0 aromatic heterocycles. The second kappa shape index (κ2) is 8.33. The smallest absolute Gasteiger partial charge is 0.243 e. The zero-order valence-corrected chi connectivity index (χ0v) is 16.4. The number of carbonyl (C=O) groups excluding carboxylic acids is 1. The van der Waals surface area contributed by atoms with Gasteiger partial charge in [0, 0.05) is 40.4 Å². The van der Waals surface area contributed by atoms with E-state index < -0.39 is 10.0 Å². The molecule has 6 nitrogen and oxygen atoms in total. The molecule has 0 heterocycles. The van der Waals surface area contributed by atoms with E-state index >= 15 is 0 Å². The molecule has 2 aromatic rings. The van der Waals surface area contributed by atoms with Crippen LogP contribution in [0, 0.1) is 0 Å². The molecule has 0 atom stereocenters. The van der Waals surface area contributed by atoms with Crippen molar-refractivity contribution in [2.24, 2.45) is 0 Å². The molecular weight excluding hydrogens is 350 g/mol. The summed E-state index contributed by atoms with van der Waals surface area (Å²) in [4.78, 5) is 16.1. The van der Waals surface area contributed by atoms with Crippen molar-refractivity contribution in [3.8, 4) is 0 Å². The minimum atomic E-state index is -3.68. The second-order valence-corrected chi connectivity index (χ2v) is 8.43. The van der Waals surface area contributed by atoms with Gasteiger partial charge in [0.05, 0.1) is 11.4 Å². The van der Waals surface area contributed by atoms with Crippen molar-refractivity contribution in [1.29, 1.82) is 0 Å². The summed E-state index contributed by atoms with van der Waals surface area (Å²) in [6, 6.07) is 16.0. The third-order valence-electron chi connectivity index (χ3n) is 4.11. The lowest BCUT2D eigenvalue weighted by Gasteiger charge is -2.22. The Hall–Kier alpha value is -2.38. The number of carbonyl (C=O) groups is 1. The highest BCUT2D eigenvalue weighted by Crippen LogP contribution is 2.15. The summed E-state index contributed by atoms with van der Waals surface area (Å²) in [5.74, 6) is -0.260. The highest BCUT2D eigenvalue weighted by molar-refractivity contribution is 7.89. The quantitative estimate of drug-likeness (QED) is 0.743. The lowest BCUT2D eigenvalue weighted by Crippen LogP contribution is -2.39. The van der Waals surface area contributed by atoms with E-state index in [1.807, 2.05) is 43.3 Å². The predicted octanol–water partition coefficient (Wildman–Crippen LogP) is 2.03. The number of sulfonamides is 1. The van der Waals surface area contributed by atoms with Gasteiger partial charge < -0.3 is 9.80 Å². The largest absolute Gasteiger partial charge is 0.378 e. The summed E-state index contributed by atoms with van der Waals surface area (Å²) in [7, 11) is 3.35. The third-order valence-corrected chi connectivity index (χ3v) is 5.93. The molecule has 0 aliphatic heterocycles. The van der Waals surface area contributed by atoms with Gasteiger partial charge >= 0.3 is 0 Å². The molecule has 7 heteroatoms. The SMILES string of the molecule is CN(Cc1ccc(N(C)C)cc1)C(=O)CN(C)S(=O)(=O)c1ccccc1. The van der Waals surface area contributed by atoms with Crippen LogP contribution in [-0.2, 0) is 21.4 Å². The van der Waals surface area contributed by atoms with Crippen LogP contribution in [0.1, 0.15) is 5.56 Å². The fourth-order valence-electron chi connectivity index (χ4n) is 2.43. The molecule has 0 bridgehead atoms. The molecule has 0 radical (unpaired) electrons. The van der Waals surface area contributed by atoms with Crippen molar-refractivity contribution in [2.75, 3.05) is 39.6 Å². The van der Waals surface area contributed by atoms with Gasteiger partial charge in [-0.25, -0.2) is 8.42 Å². The number of benzene rings is 2. The number of amides is 1. The maximum Gasteiger partial charge on any atom is 0.243 e. The van der Waals surface area contributed by atoms with E-state index in [4.69, 9.17) is 0 Å². The Morgan fingerprint density at radius 3 is 2.00 bits per heavy atom.